The molecule has 0 aliphatic carbocycles. The summed E-state index contributed by atoms with van der Waals surface area (Å²) >= 11 is 0.300. The van der Waals surface area contributed by atoms with Crippen molar-refractivity contribution in [3.8, 4) is 0 Å². The van der Waals surface area contributed by atoms with Gasteiger partial charge in [0.1, 0.15) is 0 Å². The van der Waals surface area contributed by atoms with Gasteiger partial charge in [0, 0.05) is 39.9 Å². The molecule has 4 heteroatoms. The summed E-state index contributed by atoms with van der Waals surface area (Å²) in [4.78, 5) is 0. The predicted molar refractivity (Wildman–Crippen MR) is 6.44 cm³/mol. The van der Waals surface area contributed by atoms with Gasteiger partial charge in [0.25, 0.3) is 0 Å². The Kier molecular flexibility index (Phi) is 87.6. The summed E-state index contributed by atoms with van der Waals surface area (Å²) in [5.74, 6) is 0. The van der Waals surface area contributed by atoms with Crippen LogP contribution in [0.5, 0.6) is 0 Å². The summed E-state index contributed by atoms with van der Waals surface area (Å²) in [6.45, 7) is 0. The van der Waals surface area contributed by atoms with Gasteiger partial charge in [-0.2, -0.15) is 0 Å². The maximum absolute atomic E-state index is 8.34. The molecule has 0 atom stereocenters. The molecule has 0 aromatic heterocycles. The Morgan fingerprint density at radius 1 is 1.25 bits per heavy atom. The molecule has 2 radical (unpaired) electrons. The van der Waals surface area contributed by atoms with Crippen molar-refractivity contribution < 1.29 is 43.0 Å². The summed E-state index contributed by atoms with van der Waals surface area (Å²) in [6.07, 6.45) is 0. The van der Waals surface area contributed by atoms with E-state index in [2.05, 4.69) is 0 Å². The third kappa shape index (κ3) is 9.10. The van der Waals surface area contributed by atoms with Crippen LogP contribution < -0.4 is 0 Å². The van der Waals surface area contributed by atoms with Gasteiger partial charge >= 0.3 is 25.6 Å². The van der Waals surface area contributed by atoms with Gasteiger partial charge < -0.3 is 0 Å². The topological polar surface area (TPSA) is 17.1 Å². The summed E-state index contributed by atoms with van der Waals surface area (Å²) in [5, 5.41) is 0. The van der Waals surface area contributed by atoms with E-state index in [1.54, 1.807) is 0 Å². The first-order valence-corrected chi connectivity index (χ1v) is 1.37. The largest absolute Gasteiger partial charge is 0 e. The van der Waals surface area contributed by atoms with Crippen LogP contribution in [0.25, 0.3) is 0 Å². The van der Waals surface area contributed by atoms with Crippen LogP contribution in [-0.2, 0) is 43.0 Å². The molecule has 0 aromatic rings. The van der Waals surface area contributed by atoms with Crippen LogP contribution in [0.3, 0.4) is 0 Å². The maximum atomic E-state index is 8.34. The molecule has 4 heavy (non-hydrogen) atoms. The fourth-order valence-electron chi connectivity index (χ4n) is 0. The van der Waals surface area contributed by atoms with Gasteiger partial charge in [-0.25, -0.2) is 0 Å². The number of rotatable bonds is 0. The van der Waals surface area contributed by atoms with Crippen molar-refractivity contribution in [2.75, 3.05) is 0 Å². The van der Waals surface area contributed by atoms with Crippen LogP contribution in [0.1, 0.15) is 0 Å². The van der Waals surface area contributed by atoms with Gasteiger partial charge in [-0.15, -0.1) is 0 Å². The molecule has 0 heterocycles. The first-order valence-electron chi connectivity index (χ1n) is 0.204. The summed E-state index contributed by atoms with van der Waals surface area (Å²) in [6, 6.07) is 0. The summed E-state index contributed by atoms with van der Waals surface area (Å²) < 4.78 is 8.34. The third-order valence-electron chi connectivity index (χ3n) is 0. The van der Waals surface area contributed by atoms with Gasteiger partial charge in [-0.1, -0.05) is 0 Å². The standard InChI is InChI=1S/O.Pd.Ru.Sn. The van der Waals surface area contributed by atoms with Gasteiger partial charge in [-0.05, 0) is 0 Å². The van der Waals surface area contributed by atoms with Crippen molar-refractivity contribution >= 4 is 22.5 Å². The maximum Gasteiger partial charge on any atom is 0 e. The zero-order chi connectivity index (χ0) is 2.00. The van der Waals surface area contributed by atoms with Crippen molar-refractivity contribution in [3.63, 3.8) is 0 Å². The van der Waals surface area contributed by atoms with Gasteiger partial charge in [0.15, 0.2) is 0 Å². The van der Waals surface area contributed by atoms with Crippen molar-refractivity contribution in [3.05, 3.63) is 0 Å². The first-order chi connectivity index (χ1) is 1.00. The molecule has 0 aromatic carbocycles. The van der Waals surface area contributed by atoms with Crippen LogP contribution in [0.15, 0.2) is 0 Å². The SMILES string of the molecule is [O]=[Sn].[Pd].[Ru]. The molecule has 0 N–H and O–H groups in total. The monoisotopic (exact) mass is 344 g/mol. The van der Waals surface area contributed by atoms with Crippen molar-refractivity contribution in [1.29, 1.82) is 0 Å². The van der Waals surface area contributed by atoms with Crippen LogP contribution in [0.2, 0.25) is 0 Å². The average Bonchev–Trinajstić information content (AvgIpc) is 1.00. The number of hydrogen-bond donors (Lipinski definition) is 0. The smallest absolute Gasteiger partial charge is 0 e. The van der Waals surface area contributed by atoms with E-state index in [4.69, 9.17) is 3.08 Å². The minimum absolute atomic E-state index is 0. The van der Waals surface area contributed by atoms with Crippen LogP contribution in [0, 0.1) is 0 Å². The molecular formula is OPdRuSn. The molecule has 0 saturated heterocycles. The molecule has 0 aliphatic rings. The number of hydrogen-bond acceptors (Lipinski definition) is 1. The van der Waals surface area contributed by atoms with E-state index in [9.17, 15) is 0 Å². The molecular weight excluding hydrogens is 342 g/mol. The quantitative estimate of drug-likeness (QED) is 0.543. The molecule has 0 fully saturated rings. The Labute approximate surface area is 64.8 Å². The van der Waals surface area contributed by atoms with Gasteiger partial charge in [-0.3, -0.25) is 0 Å². The van der Waals surface area contributed by atoms with E-state index >= 15 is 0 Å². The summed E-state index contributed by atoms with van der Waals surface area (Å²) in [5.41, 5.74) is 0. The Morgan fingerprint density at radius 3 is 1.25 bits per heavy atom. The average molecular weight is 342 g/mol. The Hall–Kier alpha value is 1.88. The Balaban J connectivity index is -0.00000000500. The molecule has 0 aliphatic heterocycles. The molecule has 0 unspecified atom stereocenters. The van der Waals surface area contributed by atoms with Crippen LogP contribution >= 0.6 is 0 Å². The minimum Gasteiger partial charge on any atom is 0 e. The molecule has 28 valence electrons. The fraction of sp³-hybridized carbons (Fsp3) is 0. The van der Waals surface area contributed by atoms with Crippen LogP contribution in [0.4, 0.5) is 0 Å². The zero-order valence-corrected chi connectivity index (χ0v) is 7.72. The van der Waals surface area contributed by atoms with Gasteiger partial charge in [0.2, 0.25) is 0 Å². The van der Waals surface area contributed by atoms with E-state index in [1.807, 2.05) is 0 Å². The molecule has 1 nitrogen and oxygen atoms in total. The van der Waals surface area contributed by atoms with Crippen molar-refractivity contribution in [1.82, 2.24) is 0 Å². The van der Waals surface area contributed by atoms with E-state index < -0.39 is 0 Å². The molecule has 0 spiro atoms. The first kappa shape index (κ1) is 16.9. The summed E-state index contributed by atoms with van der Waals surface area (Å²) in [7, 11) is 0. The molecule has 0 rings (SSSR count). The molecule has 0 bridgehead atoms. The van der Waals surface area contributed by atoms with E-state index in [-0.39, 0.29) is 39.9 Å². The van der Waals surface area contributed by atoms with E-state index in [0.29, 0.717) is 22.5 Å². The van der Waals surface area contributed by atoms with E-state index in [1.165, 1.54) is 0 Å². The molecule has 0 amide bonds. The Bertz CT molecular complexity index is 8.00. The Morgan fingerprint density at radius 2 is 1.25 bits per heavy atom. The normalized spacial score (nSPS) is 1.00. The second kappa shape index (κ2) is 20.8. The zero-order valence-electron chi connectivity index (χ0n) is 1.58. The molecule has 0 saturated carbocycles. The predicted octanol–water partition coefficient (Wildman–Crippen LogP) is -0.505. The van der Waals surface area contributed by atoms with E-state index in [0.717, 1.165) is 0 Å². The second-order valence-corrected chi connectivity index (χ2v) is 0. The minimum atomic E-state index is 0. The second-order valence-electron chi connectivity index (χ2n) is 0. The van der Waals surface area contributed by atoms with Crippen molar-refractivity contribution in [2.24, 2.45) is 0 Å². The fourth-order valence-corrected chi connectivity index (χ4v) is 0. The van der Waals surface area contributed by atoms with Crippen molar-refractivity contribution in [2.45, 2.75) is 0 Å². The third-order valence-corrected chi connectivity index (χ3v) is 0. The van der Waals surface area contributed by atoms with Crippen LogP contribution in [-0.4, -0.2) is 22.5 Å². The van der Waals surface area contributed by atoms with Gasteiger partial charge in [0.05, 0.1) is 0 Å².